The van der Waals surface area contributed by atoms with Crippen LogP contribution >= 0.6 is 12.4 Å². The average Bonchev–Trinajstić information content (AvgIpc) is 2.95. The molecule has 2 atom stereocenters. The Kier molecular flexibility index (Phi) is 5.40. The highest BCUT2D eigenvalue weighted by Gasteiger charge is 2.38. The minimum absolute atomic E-state index is 0. The van der Waals surface area contributed by atoms with Crippen molar-refractivity contribution in [3.05, 3.63) is 24.3 Å². The molecule has 0 aromatic heterocycles. The summed E-state index contributed by atoms with van der Waals surface area (Å²) in [7, 11) is 0. The maximum atomic E-state index is 12.6. The summed E-state index contributed by atoms with van der Waals surface area (Å²) in [6.45, 7) is 5.76. The summed E-state index contributed by atoms with van der Waals surface area (Å²) >= 11 is 0. The molecule has 2 aliphatic rings. The summed E-state index contributed by atoms with van der Waals surface area (Å²) in [5.41, 5.74) is 6.44. The van der Waals surface area contributed by atoms with E-state index in [2.05, 4.69) is 6.92 Å². The van der Waals surface area contributed by atoms with Crippen molar-refractivity contribution < 1.29 is 14.3 Å². The third-order valence-electron chi connectivity index (χ3n) is 4.77. The number of benzene rings is 1. The number of para-hydroxylation sites is 2. The Hall–Kier alpha value is -1.79. The quantitative estimate of drug-likeness (QED) is 0.891. The molecule has 3 rings (SSSR count). The van der Waals surface area contributed by atoms with Crippen molar-refractivity contribution in [2.75, 3.05) is 31.1 Å². The summed E-state index contributed by atoms with van der Waals surface area (Å²) in [6.07, 6.45) is 0.324. The molecule has 0 aliphatic carbocycles. The van der Waals surface area contributed by atoms with Crippen molar-refractivity contribution in [1.29, 1.82) is 0 Å². The maximum absolute atomic E-state index is 12.6. The fourth-order valence-electron chi connectivity index (χ4n) is 3.16. The number of amides is 2. The number of carbonyl (C=O) groups is 2. The summed E-state index contributed by atoms with van der Waals surface area (Å²) in [4.78, 5) is 28.4. The van der Waals surface area contributed by atoms with Crippen LogP contribution in [0, 0.1) is 5.41 Å². The predicted molar refractivity (Wildman–Crippen MR) is 94.5 cm³/mol. The molecule has 0 spiro atoms. The molecule has 132 valence electrons. The van der Waals surface area contributed by atoms with Gasteiger partial charge in [0, 0.05) is 13.1 Å². The van der Waals surface area contributed by atoms with E-state index in [4.69, 9.17) is 10.5 Å². The number of halogens is 1. The zero-order valence-electron chi connectivity index (χ0n) is 14.0. The zero-order chi connectivity index (χ0) is 16.6. The number of likely N-dealkylation sites (tertiary alicyclic amines) is 1. The molecule has 6 nitrogen and oxygen atoms in total. The van der Waals surface area contributed by atoms with Gasteiger partial charge >= 0.3 is 0 Å². The van der Waals surface area contributed by atoms with Crippen molar-refractivity contribution in [2.24, 2.45) is 11.1 Å². The van der Waals surface area contributed by atoms with Crippen LogP contribution in [0.2, 0.25) is 0 Å². The average molecular weight is 354 g/mol. The van der Waals surface area contributed by atoms with Gasteiger partial charge in [-0.05, 0) is 37.4 Å². The molecule has 2 heterocycles. The lowest BCUT2D eigenvalue weighted by Gasteiger charge is -2.33. The molecule has 1 fully saturated rings. The maximum Gasteiger partial charge on any atom is 0.268 e. The first-order valence-electron chi connectivity index (χ1n) is 7.98. The molecule has 2 unspecified atom stereocenters. The van der Waals surface area contributed by atoms with Gasteiger partial charge in [-0.1, -0.05) is 19.1 Å². The monoisotopic (exact) mass is 353 g/mol. The normalized spacial score (nSPS) is 25.8. The molecule has 24 heavy (non-hydrogen) atoms. The Balaban J connectivity index is 0.00000208. The lowest BCUT2D eigenvalue weighted by atomic mass is 9.90. The summed E-state index contributed by atoms with van der Waals surface area (Å²) in [5.74, 6) is 0.415. The van der Waals surface area contributed by atoms with Crippen LogP contribution in [0.3, 0.4) is 0 Å². The van der Waals surface area contributed by atoms with Gasteiger partial charge in [0.1, 0.15) is 12.3 Å². The number of hydrogen-bond donors (Lipinski definition) is 1. The minimum atomic E-state index is -0.578. The lowest BCUT2D eigenvalue weighted by Crippen LogP contribution is -2.49. The molecule has 0 saturated carbocycles. The van der Waals surface area contributed by atoms with Gasteiger partial charge in [0.05, 0.1) is 5.69 Å². The fraction of sp³-hybridized carbons (Fsp3) is 0.529. The van der Waals surface area contributed by atoms with Crippen LogP contribution < -0.4 is 15.4 Å². The van der Waals surface area contributed by atoms with Gasteiger partial charge in [0.2, 0.25) is 5.91 Å². The number of anilines is 1. The largest absolute Gasteiger partial charge is 0.479 e. The summed E-state index contributed by atoms with van der Waals surface area (Å²) in [5, 5.41) is 0. The molecular formula is C17H24ClN3O3. The molecule has 1 aromatic carbocycles. The molecule has 0 radical (unpaired) electrons. The van der Waals surface area contributed by atoms with E-state index in [0.29, 0.717) is 31.1 Å². The second-order valence-electron chi connectivity index (χ2n) is 6.73. The Morgan fingerprint density at radius 2 is 2.12 bits per heavy atom. The zero-order valence-corrected chi connectivity index (χ0v) is 14.8. The lowest BCUT2D eigenvalue weighted by molar-refractivity contribution is -0.132. The van der Waals surface area contributed by atoms with E-state index in [9.17, 15) is 9.59 Å². The first-order chi connectivity index (χ1) is 10.9. The minimum Gasteiger partial charge on any atom is -0.479 e. The molecule has 2 N–H and O–H groups in total. The Bertz CT molecular complexity index is 639. The van der Waals surface area contributed by atoms with Crippen LogP contribution in [0.15, 0.2) is 24.3 Å². The number of rotatable bonds is 3. The Labute approximate surface area is 148 Å². The third-order valence-corrected chi connectivity index (χ3v) is 4.77. The van der Waals surface area contributed by atoms with E-state index in [0.717, 1.165) is 6.42 Å². The van der Waals surface area contributed by atoms with Gasteiger partial charge in [-0.25, -0.2) is 0 Å². The van der Waals surface area contributed by atoms with Crippen LogP contribution in [-0.2, 0) is 9.59 Å². The van der Waals surface area contributed by atoms with Gasteiger partial charge in [0.25, 0.3) is 5.91 Å². The van der Waals surface area contributed by atoms with Crippen molar-refractivity contribution in [3.8, 4) is 5.75 Å². The third kappa shape index (κ3) is 3.35. The summed E-state index contributed by atoms with van der Waals surface area (Å²) in [6, 6.07) is 7.32. The van der Waals surface area contributed by atoms with Gasteiger partial charge < -0.3 is 15.4 Å². The van der Waals surface area contributed by atoms with Gasteiger partial charge in [-0.3, -0.25) is 14.5 Å². The standard InChI is InChI=1S/C17H23N3O3.ClH/c1-12-16(22)20(13-5-3-4-6-14(13)23-12)9-15(21)19-8-7-17(2,10-18)11-19;/h3-6,12H,7-11,18H2,1-2H3;1H. The van der Waals surface area contributed by atoms with E-state index >= 15 is 0 Å². The number of nitrogens with zero attached hydrogens (tertiary/aromatic N) is 2. The number of fused-ring (bicyclic) bond motifs is 1. The van der Waals surface area contributed by atoms with E-state index in [1.165, 1.54) is 4.90 Å². The van der Waals surface area contributed by atoms with Gasteiger partial charge in [-0.2, -0.15) is 0 Å². The Morgan fingerprint density at radius 3 is 2.79 bits per heavy atom. The SMILES string of the molecule is CC1Oc2ccccc2N(CC(=O)N2CCC(C)(CN)C2)C1=O.Cl. The second kappa shape index (κ2) is 6.99. The van der Waals surface area contributed by atoms with Crippen LogP contribution in [0.4, 0.5) is 5.69 Å². The van der Waals surface area contributed by atoms with E-state index in [1.54, 1.807) is 13.0 Å². The highest BCUT2D eigenvalue weighted by atomic mass is 35.5. The van der Waals surface area contributed by atoms with Crippen LogP contribution in [0.5, 0.6) is 5.75 Å². The molecule has 1 saturated heterocycles. The first kappa shape index (κ1) is 18.5. The first-order valence-corrected chi connectivity index (χ1v) is 7.98. The molecular weight excluding hydrogens is 330 g/mol. The number of carbonyl (C=O) groups excluding carboxylic acids is 2. The van der Waals surface area contributed by atoms with Crippen LogP contribution in [0.1, 0.15) is 20.3 Å². The highest BCUT2D eigenvalue weighted by Crippen LogP contribution is 2.34. The van der Waals surface area contributed by atoms with Crippen molar-refractivity contribution >= 4 is 29.9 Å². The van der Waals surface area contributed by atoms with Crippen molar-refractivity contribution in [3.63, 3.8) is 0 Å². The van der Waals surface area contributed by atoms with E-state index in [1.807, 2.05) is 23.1 Å². The number of nitrogens with two attached hydrogens (primary N) is 1. The molecule has 0 bridgehead atoms. The summed E-state index contributed by atoms with van der Waals surface area (Å²) < 4.78 is 5.60. The van der Waals surface area contributed by atoms with E-state index < -0.39 is 6.10 Å². The molecule has 2 aliphatic heterocycles. The molecule has 1 aromatic rings. The number of ether oxygens (including phenoxy) is 1. The van der Waals surface area contributed by atoms with Gasteiger partial charge in [0.15, 0.2) is 6.10 Å². The smallest absolute Gasteiger partial charge is 0.268 e. The van der Waals surface area contributed by atoms with Crippen molar-refractivity contribution in [1.82, 2.24) is 4.90 Å². The number of hydrogen-bond acceptors (Lipinski definition) is 4. The topological polar surface area (TPSA) is 75.9 Å². The van der Waals surface area contributed by atoms with E-state index in [-0.39, 0.29) is 36.2 Å². The predicted octanol–water partition coefficient (Wildman–Crippen LogP) is 1.42. The van der Waals surface area contributed by atoms with Crippen LogP contribution in [0.25, 0.3) is 0 Å². The van der Waals surface area contributed by atoms with Gasteiger partial charge in [-0.15, -0.1) is 12.4 Å². The molecule has 7 heteroatoms. The fourth-order valence-corrected chi connectivity index (χ4v) is 3.16. The second-order valence-corrected chi connectivity index (χ2v) is 6.73. The van der Waals surface area contributed by atoms with Crippen LogP contribution in [-0.4, -0.2) is 49.0 Å². The highest BCUT2D eigenvalue weighted by molar-refractivity contribution is 6.03. The molecule has 2 amide bonds. The van der Waals surface area contributed by atoms with Crippen molar-refractivity contribution in [2.45, 2.75) is 26.4 Å². The Morgan fingerprint density at radius 1 is 1.42 bits per heavy atom.